The Hall–Kier alpha value is -1.69. The van der Waals surface area contributed by atoms with Crippen molar-refractivity contribution in [2.75, 3.05) is 19.6 Å². The molecule has 5 nitrogen and oxygen atoms in total. The van der Waals surface area contributed by atoms with Gasteiger partial charge in [0.25, 0.3) is 11.8 Å². The summed E-state index contributed by atoms with van der Waals surface area (Å²) < 4.78 is 0.757. The van der Waals surface area contributed by atoms with Crippen molar-refractivity contribution in [3.05, 3.63) is 33.8 Å². The van der Waals surface area contributed by atoms with E-state index >= 15 is 0 Å². The number of nitrogens with zero attached hydrogens (tertiary/aromatic N) is 2. The van der Waals surface area contributed by atoms with Crippen LogP contribution in [0.25, 0.3) is 0 Å². The van der Waals surface area contributed by atoms with Crippen LogP contribution < -0.4 is 0 Å². The Labute approximate surface area is 144 Å². The maximum atomic E-state index is 12.4. The van der Waals surface area contributed by atoms with Crippen molar-refractivity contribution < 1.29 is 14.4 Å². The van der Waals surface area contributed by atoms with Crippen LogP contribution >= 0.6 is 15.9 Å². The van der Waals surface area contributed by atoms with Gasteiger partial charge in [-0.05, 0) is 31.0 Å². The molecule has 0 aromatic heterocycles. The van der Waals surface area contributed by atoms with Gasteiger partial charge in [-0.1, -0.05) is 29.8 Å². The van der Waals surface area contributed by atoms with Crippen LogP contribution in [0.2, 0.25) is 0 Å². The zero-order valence-corrected chi connectivity index (χ0v) is 15.1. The van der Waals surface area contributed by atoms with E-state index in [9.17, 15) is 14.4 Å². The largest absolute Gasteiger partial charge is 0.343 e. The molecule has 0 atom stereocenters. The molecular weight excluding hydrogens is 360 g/mol. The number of imide groups is 1. The lowest BCUT2D eigenvalue weighted by Gasteiger charge is -2.22. The van der Waals surface area contributed by atoms with Crippen LogP contribution in [-0.4, -0.2) is 47.2 Å². The predicted molar refractivity (Wildman–Crippen MR) is 91.3 cm³/mol. The molecule has 1 heterocycles. The number of carbonyl (C=O) groups excluding carboxylic acids is 3. The van der Waals surface area contributed by atoms with Crippen LogP contribution in [0.15, 0.2) is 22.7 Å². The molecule has 1 aromatic carbocycles. The molecular formula is C17H21BrN2O3. The summed E-state index contributed by atoms with van der Waals surface area (Å²) in [5.74, 6) is -0.647. The molecule has 0 saturated heterocycles. The van der Waals surface area contributed by atoms with E-state index in [2.05, 4.69) is 15.9 Å². The lowest BCUT2D eigenvalue weighted by atomic mass is 10.1. The van der Waals surface area contributed by atoms with Crippen molar-refractivity contribution in [2.45, 2.75) is 33.1 Å². The van der Waals surface area contributed by atoms with Gasteiger partial charge in [0.2, 0.25) is 5.91 Å². The highest BCUT2D eigenvalue weighted by atomic mass is 79.9. The van der Waals surface area contributed by atoms with Gasteiger partial charge in [0.1, 0.15) is 0 Å². The van der Waals surface area contributed by atoms with Crippen LogP contribution in [0.3, 0.4) is 0 Å². The molecule has 0 bridgehead atoms. The average molecular weight is 381 g/mol. The molecule has 0 fully saturated rings. The lowest BCUT2D eigenvalue weighted by Crippen LogP contribution is -2.37. The first kappa shape index (κ1) is 17.7. The molecule has 0 N–H and O–H groups in total. The highest BCUT2D eigenvalue weighted by molar-refractivity contribution is 9.10. The minimum Gasteiger partial charge on any atom is -0.343 e. The average Bonchev–Trinajstić information content (AvgIpc) is 2.76. The maximum absolute atomic E-state index is 12.4. The third-order valence-corrected chi connectivity index (χ3v) is 4.32. The fourth-order valence-electron chi connectivity index (χ4n) is 2.73. The fraction of sp³-hybridized carbons (Fsp3) is 0.471. The molecule has 3 amide bonds. The van der Waals surface area contributed by atoms with Crippen LogP contribution in [0.5, 0.6) is 0 Å². The molecule has 124 valence electrons. The number of fused-ring (bicyclic) bond motifs is 1. The van der Waals surface area contributed by atoms with Crippen LogP contribution in [0, 0.1) is 0 Å². The molecule has 23 heavy (non-hydrogen) atoms. The minimum absolute atomic E-state index is 0.00793. The first-order valence-electron chi connectivity index (χ1n) is 7.93. The molecule has 1 aliphatic rings. The van der Waals surface area contributed by atoms with Gasteiger partial charge in [0, 0.05) is 30.5 Å². The van der Waals surface area contributed by atoms with E-state index in [1.807, 2.05) is 13.8 Å². The number of benzene rings is 1. The monoisotopic (exact) mass is 380 g/mol. The molecule has 0 unspecified atom stereocenters. The van der Waals surface area contributed by atoms with Gasteiger partial charge < -0.3 is 4.90 Å². The van der Waals surface area contributed by atoms with Gasteiger partial charge >= 0.3 is 0 Å². The number of carbonyl (C=O) groups is 3. The second-order valence-corrected chi connectivity index (χ2v) is 6.50. The normalized spacial score (nSPS) is 13.4. The summed E-state index contributed by atoms with van der Waals surface area (Å²) in [5.41, 5.74) is 0.806. The lowest BCUT2D eigenvalue weighted by molar-refractivity contribution is -0.131. The van der Waals surface area contributed by atoms with Gasteiger partial charge in [-0.2, -0.15) is 0 Å². The van der Waals surface area contributed by atoms with Crippen molar-refractivity contribution in [1.29, 1.82) is 0 Å². The standard InChI is InChI=1S/C17H21BrN2O3/c1-3-8-19(9-4-2)15(21)7-10-20-16(22)13-6-5-12(18)11-14(13)17(20)23/h5-6,11H,3-4,7-10H2,1-2H3. The number of halogens is 1. The van der Waals surface area contributed by atoms with E-state index in [4.69, 9.17) is 0 Å². The molecule has 6 heteroatoms. The van der Waals surface area contributed by atoms with Crippen molar-refractivity contribution in [3.63, 3.8) is 0 Å². The van der Waals surface area contributed by atoms with E-state index in [1.165, 1.54) is 4.90 Å². The SMILES string of the molecule is CCCN(CCC)C(=O)CCN1C(=O)c2ccc(Br)cc2C1=O. The number of hydrogen-bond acceptors (Lipinski definition) is 3. The van der Waals surface area contributed by atoms with E-state index < -0.39 is 0 Å². The van der Waals surface area contributed by atoms with E-state index in [0.29, 0.717) is 24.2 Å². The zero-order valence-electron chi connectivity index (χ0n) is 13.5. The Morgan fingerprint density at radius 3 is 2.30 bits per heavy atom. The summed E-state index contributed by atoms with van der Waals surface area (Å²) in [5, 5.41) is 0. The van der Waals surface area contributed by atoms with Gasteiger partial charge in [-0.15, -0.1) is 0 Å². The highest BCUT2D eigenvalue weighted by Crippen LogP contribution is 2.26. The Bertz CT molecular complexity index is 624. The van der Waals surface area contributed by atoms with Crippen molar-refractivity contribution in [3.8, 4) is 0 Å². The summed E-state index contributed by atoms with van der Waals surface area (Å²) in [7, 11) is 0. The first-order chi connectivity index (χ1) is 11.0. The Balaban J connectivity index is 2.03. The van der Waals surface area contributed by atoms with Crippen molar-refractivity contribution >= 4 is 33.7 Å². The van der Waals surface area contributed by atoms with Crippen molar-refractivity contribution in [2.24, 2.45) is 0 Å². The van der Waals surface area contributed by atoms with Gasteiger partial charge in [0.05, 0.1) is 11.1 Å². The molecule has 0 spiro atoms. The van der Waals surface area contributed by atoms with E-state index in [1.54, 1.807) is 23.1 Å². The molecule has 1 aliphatic heterocycles. The zero-order chi connectivity index (χ0) is 17.0. The summed E-state index contributed by atoms with van der Waals surface area (Å²) in [4.78, 5) is 39.9. The maximum Gasteiger partial charge on any atom is 0.261 e. The third-order valence-electron chi connectivity index (χ3n) is 3.82. The number of amides is 3. The molecule has 0 aliphatic carbocycles. The molecule has 0 saturated carbocycles. The summed E-state index contributed by atoms with van der Waals surface area (Å²) in [6, 6.07) is 5.03. The summed E-state index contributed by atoms with van der Waals surface area (Å²) in [6.45, 7) is 5.60. The predicted octanol–water partition coefficient (Wildman–Crippen LogP) is 3.08. The second-order valence-electron chi connectivity index (χ2n) is 5.58. The fourth-order valence-corrected chi connectivity index (χ4v) is 3.09. The molecule has 0 radical (unpaired) electrons. The first-order valence-corrected chi connectivity index (χ1v) is 8.72. The quantitative estimate of drug-likeness (QED) is 0.682. The van der Waals surface area contributed by atoms with Crippen LogP contribution in [-0.2, 0) is 4.79 Å². The van der Waals surface area contributed by atoms with E-state index in [0.717, 1.165) is 17.3 Å². The smallest absolute Gasteiger partial charge is 0.261 e. The van der Waals surface area contributed by atoms with Crippen LogP contribution in [0.1, 0.15) is 53.8 Å². The van der Waals surface area contributed by atoms with Gasteiger partial charge in [0.15, 0.2) is 0 Å². The van der Waals surface area contributed by atoms with Gasteiger partial charge in [-0.25, -0.2) is 0 Å². The second kappa shape index (κ2) is 7.73. The van der Waals surface area contributed by atoms with Crippen molar-refractivity contribution in [1.82, 2.24) is 9.80 Å². The number of hydrogen-bond donors (Lipinski definition) is 0. The Morgan fingerprint density at radius 2 is 1.70 bits per heavy atom. The summed E-state index contributed by atoms with van der Waals surface area (Å²) in [6.07, 6.45) is 1.96. The minimum atomic E-state index is -0.323. The van der Waals surface area contributed by atoms with E-state index in [-0.39, 0.29) is 30.7 Å². The third kappa shape index (κ3) is 3.80. The molecule has 2 rings (SSSR count). The van der Waals surface area contributed by atoms with Gasteiger partial charge in [-0.3, -0.25) is 19.3 Å². The molecule has 1 aromatic rings. The Morgan fingerprint density at radius 1 is 1.09 bits per heavy atom. The summed E-state index contributed by atoms with van der Waals surface area (Å²) >= 11 is 3.31. The number of rotatable bonds is 7. The Kier molecular flexibility index (Phi) is 5.93. The van der Waals surface area contributed by atoms with Crippen LogP contribution in [0.4, 0.5) is 0 Å². The highest BCUT2D eigenvalue weighted by Gasteiger charge is 2.35. The topological polar surface area (TPSA) is 57.7 Å².